The van der Waals surface area contributed by atoms with E-state index < -0.39 is 18.1 Å². The second-order valence-electron chi connectivity index (χ2n) is 5.05. The molecule has 4 N–H and O–H groups in total. The van der Waals surface area contributed by atoms with E-state index in [0.29, 0.717) is 13.0 Å². The molecule has 1 aromatic carbocycles. The molecule has 0 bridgehead atoms. The number of hydrogen-bond acceptors (Lipinski definition) is 4. The van der Waals surface area contributed by atoms with Crippen molar-refractivity contribution in [2.45, 2.75) is 38.8 Å². The summed E-state index contributed by atoms with van der Waals surface area (Å²) in [7, 11) is 0. The van der Waals surface area contributed by atoms with Crippen molar-refractivity contribution in [1.82, 2.24) is 4.90 Å². The van der Waals surface area contributed by atoms with Crippen LogP contribution in [-0.4, -0.2) is 45.6 Å². The summed E-state index contributed by atoms with van der Waals surface area (Å²) < 4.78 is 0. The van der Waals surface area contributed by atoms with Crippen LogP contribution in [0.15, 0.2) is 24.3 Å². The molecule has 0 fully saturated rings. The Morgan fingerprint density at radius 1 is 1.29 bits per heavy atom. The number of carboxylic acids is 1. The summed E-state index contributed by atoms with van der Waals surface area (Å²) in [4.78, 5) is 24.6. The Labute approximate surface area is 124 Å². The lowest BCUT2D eigenvalue weighted by molar-refractivity contribution is -0.140. The van der Waals surface area contributed by atoms with Gasteiger partial charge in [0.2, 0.25) is 5.91 Å². The van der Waals surface area contributed by atoms with E-state index >= 15 is 0 Å². The molecule has 0 aromatic heterocycles. The highest BCUT2D eigenvalue weighted by Crippen LogP contribution is 2.13. The Balaban J connectivity index is 2.70. The van der Waals surface area contributed by atoms with Crippen molar-refractivity contribution in [3.8, 4) is 5.75 Å². The van der Waals surface area contributed by atoms with Crippen LogP contribution in [0, 0.1) is 0 Å². The Bertz CT molecular complexity index is 487. The van der Waals surface area contributed by atoms with Crippen molar-refractivity contribution in [3.63, 3.8) is 0 Å². The van der Waals surface area contributed by atoms with Crippen molar-refractivity contribution in [1.29, 1.82) is 0 Å². The van der Waals surface area contributed by atoms with Gasteiger partial charge in [0.25, 0.3) is 0 Å². The molecule has 1 aromatic rings. The fourth-order valence-electron chi connectivity index (χ4n) is 2.23. The zero-order valence-corrected chi connectivity index (χ0v) is 12.3. The van der Waals surface area contributed by atoms with Crippen molar-refractivity contribution in [2.24, 2.45) is 5.73 Å². The maximum atomic E-state index is 12.3. The van der Waals surface area contributed by atoms with Gasteiger partial charge in [-0.1, -0.05) is 12.1 Å². The van der Waals surface area contributed by atoms with E-state index in [-0.39, 0.29) is 18.1 Å². The van der Waals surface area contributed by atoms with Gasteiger partial charge in [0, 0.05) is 12.6 Å². The van der Waals surface area contributed by atoms with Gasteiger partial charge in [-0.15, -0.1) is 0 Å². The fraction of sp³-hybridized carbons (Fsp3) is 0.467. The normalized spacial score (nSPS) is 13.5. The second kappa shape index (κ2) is 7.64. The summed E-state index contributed by atoms with van der Waals surface area (Å²) >= 11 is 0. The number of aromatic hydroxyl groups is 1. The molecule has 0 aliphatic heterocycles. The summed E-state index contributed by atoms with van der Waals surface area (Å²) in [5, 5.41) is 18.0. The van der Waals surface area contributed by atoms with Crippen LogP contribution >= 0.6 is 0 Å². The number of nitrogens with two attached hydrogens (primary N) is 1. The fourth-order valence-corrected chi connectivity index (χ4v) is 2.23. The minimum absolute atomic E-state index is 0.106. The van der Waals surface area contributed by atoms with Crippen LogP contribution in [0.3, 0.4) is 0 Å². The zero-order chi connectivity index (χ0) is 16.0. The quantitative estimate of drug-likeness (QED) is 0.695. The molecular weight excluding hydrogens is 272 g/mol. The van der Waals surface area contributed by atoms with Gasteiger partial charge in [-0.3, -0.25) is 9.59 Å². The van der Waals surface area contributed by atoms with Gasteiger partial charge in [0.1, 0.15) is 5.75 Å². The number of hydrogen-bond donors (Lipinski definition) is 3. The molecule has 6 nitrogen and oxygen atoms in total. The number of phenols is 1. The highest BCUT2D eigenvalue weighted by Gasteiger charge is 2.25. The van der Waals surface area contributed by atoms with Crippen LogP contribution in [-0.2, 0) is 16.0 Å². The van der Waals surface area contributed by atoms with Crippen molar-refractivity contribution in [3.05, 3.63) is 29.8 Å². The van der Waals surface area contributed by atoms with Crippen LogP contribution < -0.4 is 5.73 Å². The molecule has 2 atom stereocenters. The van der Waals surface area contributed by atoms with Crippen LogP contribution in [0.5, 0.6) is 5.75 Å². The smallest absolute Gasteiger partial charge is 0.305 e. The first-order chi connectivity index (χ1) is 9.85. The average molecular weight is 294 g/mol. The lowest BCUT2D eigenvalue weighted by atomic mass is 10.0. The highest BCUT2D eigenvalue weighted by molar-refractivity contribution is 5.82. The van der Waals surface area contributed by atoms with E-state index in [2.05, 4.69) is 0 Å². The van der Waals surface area contributed by atoms with Gasteiger partial charge in [-0.2, -0.15) is 0 Å². The first kappa shape index (κ1) is 17.0. The minimum Gasteiger partial charge on any atom is -0.508 e. The molecule has 0 aliphatic carbocycles. The molecule has 116 valence electrons. The lowest BCUT2D eigenvalue weighted by Crippen LogP contribution is -2.49. The van der Waals surface area contributed by atoms with E-state index in [1.165, 1.54) is 17.0 Å². The molecule has 0 saturated carbocycles. The number of amides is 1. The minimum atomic E-state index is -0.944. The van der Waals surface area contributed by atoms with E-state index in [1.807, 2.05) is 0 Å². The summed E-state index contributed by atoms with van der Waals surface area (Å²) in [6.07, 6.45) is 0.237. The van der Waals surface area contributed by atoms with E-state index in [9.17, 15) is 14.7 Å². The SMILES string of the molecule is CCN(C(=O)[C@H](N)Cc1ccc(O)cc1)C(C)CC(=O)O. The van der Waals surface area contributed by atoms with Crippen molar-refractivity contribution < 1.29 is 19.8 Å². The summed E-state index contributed by atoms with van der Waals surface area (Å²) in [5.74, 6) is -1.05. The summed E-state index contributed by atoms with van der Waals surface area (Å²) in [5.41, 5.74) is 6.77. The van der Waals surface area contributed by atoms with Gasteiger partial charge < -0.3 is 20.8 Å². The number of carbonyl (C=O) groups excluding carboxylic acids is 1. The first-order valence-corrected chi connectivity index (χ1v) is 6.90. The predicted molar refractivity (Wildman–Crippen MR) is 78.9 cm³/mol. The first-order valence-electron chi connectivity index (χ1n) is 6.90. The van der Waals surface area contributed by atoms with Crippen LogP contribution in [0.1, 0.15) is 25.8 Å². The molecule has 0 aliphatic rings. The number of aliphatic carboxylic acids is 1. The Kier molecular flexibility index (Phi) is 6.17. The molecule has 0 spiro atoms. The summed E-state index contributed by atoms with van der Waals surface area (Å²) in [6.45, 7) is 3.91. The van der Waals surface area contributed by atoms with Gasteiger partial charge >= 0.3 is 5.97 Å². The molecule has 1 amide bonds. The second-order valence-corrected chi connectivity index (χ2v) is 5.05. The molecule has 0 heterocycles. The number of likely N-dealkylation sites (N-methyl/N-ethyl adjacent to an activating group) is 1. The molecule has 21 heavy (non-hydrogen) atoms. The molecule has 0 saturated heterocycles. The van der Waals surface area contributed by atoms with E-state index in [1.54, 1.807) is 26.0 Å². The topological polar surface area (TPSA) is 104 Å². The van der Waals surface area contributed by atoms with Gasteiger partial charge in [-0.25, -0.2) is 0 Å². The standard InChI is InChI=1S/C15H22N2O4/c1-3-17(10(2)8-14(19)20)15(21)13(16)9-11-4-6-12(18)7-5-11/h4-7,10,13,18H,3,8-9,16H2,1-2H3,(H,19,20)/t10?,13-/m1/s1. The largest absolute Gasteiger partial charge is 0.508 e. The number of rotatable bonds is 7. The monoisotopic (exact) mass is 294 g/mol. The number of carbonyl (C=O) groups is 2. The number of carboxylic acid groups (broad SMARTS) is 1. The molecular formula is C15H22N2O4. The third-order valence-corrected chi connectivity index (χ3v) is 3.34. The van der Waals surface area contributed by atoms with E-state index in [0.717, 1.165) is 5.56 Å². The number of phenolic OH excluding ortho intramolecular Hbond substituents is 1. The predicted octanol–water partition coefficient (Wildman–Crippen LogP) is 0.974. The van der Waals surface area contributed by atoms with Crippen LogP contribution in [0.25, 0.3) is 0 Å². The van der Waals surface area contributed by atoms with Gasteiger partial charge in [0.15, 0.2) is 0 Å². The maximum absolute atomic E-state index is 12.3. The molecule has 1 rings (SSSR count). The molecule has 1 unspecified atom stereocenters. The Hall–Kier alpha value is -2.08. The van der Waals surface area contributed by atoms with Gasteiger partial charge in [-0.05, 0) is 38.0 Å². The van der Waals surface area contributed by atoms with Crippen LogP contribution in [0.4, 0.5) is 0 Å². The third-order valence-electron chi connectivity index (χ3n) is 3.34. The zero-order valence-electron chi connectivity index (χ0n) is 12.3. The number of nitrogens with zero attached hydrogens (tertiary/aromatic N) is 1. The van der Waals surface area contributed by atoms with E-state index in [4.69, 9.17) is 10.8 Å². The highest BCUT2D eigenvalue weighted by atomic mass is 16.4. The lowest BCUT2D eigenvalue weighted by Gasteiger charge is -2.29. The third kappa shape index (κ3) is 5.07. The van der Waals surface area contributed by atoms with Crippen molar-refractivity contribution in [2.75, 3.05) is 6.54 Å². The number of benzene rings is 1. The van der Waals surface area contributed by atoms with Crippen LogP contribution in [0.2, 0.25) is 0 Å². The average Bonchev–Trinajstić information content (AvgIpc) is 2.41. The van der Waals surface area contributed by atoms with Crippen molar-refractivity contribution >= 4 is 11.9 Å². The molecule has 6 heteroatoms. The Morgan fingerprint density at radius 2 is 1.86 bits per heavy atom. The summed E-state index contributed by atoms with van der Waals surface area (Å²) in [6, 6.07) is 5.37. The van der Waals surface area contributed by atoms with Gasteiger partial charge in [0.05, 0.1) is 12.5 Å². The molecule has 0 radical (unpaired) electrons. The Morgan fingerprint density at radius 3 is 2.33 bits per heavy atom. The maximum Gasteiger partial charge on any atom is 0.305 e.